The zero-order chi connectivity index (χ0) is 20.3. The highest BCUT2D eigenvalue weighted by atomic mass is 16.1. The van der Waals surface area contributed by atoms with Crippen molar-refractivity contribution in [2.75, 3.05) is 0 Å². The van der Waals surface area contributed by atoms with E-state index >= 15 is 0 Å². The first-order valence-corrected chi connectivity index (χ1v) is 9.62. The first-order valence-electron chi connectivity index (χ1n) is 9.62. The Kier molecular flexibility index (Phi) is 5.63. The minimum atomic E-state index is -0.108. The number of carbonyl (C=O) groups excluding carboxylic acids is 1. The summed E-state index contributed by atoms with van der Waals surface area (Å²) in [7, 11) is 0. The lowest BCUT2D eigenvalue weighted by atomic mass is 9.79. The molecule has 3 rings (SSSR count). The van der Waals surface area contributed by atoms with Crippen molar-refractivity contribution in [3.05, 3.63) is 77.2 Å². The van der Waals surface area contributed by atoms with Gasteiger partial charge in [-0.05, 0) is 56.4 Å². The van der Waals surface area contributed by atoms with Crippen molar-refractivity contribution in [2.24, 2.45) is 0 Å². The first-order chi connectivity index (χ1) is 13.3. The fourth-order valence-electron chi connectivity index (χ4n) is 3.64. The van der Waals surface area contributed by atoms with Crippen molar-refractivity contribution in [3.63, 3.8) is 0 Å². The highest BCUT2D eigenvalue weighted by Gasteiger charge is 2.24. The molecule has 5 heteroatoms. The van der Waals surface area contributed by atoms with Crippen molar-refractivity contribution in [3.8, 4) is 5.82 Å². The number of aromatic nitrogens is 3. The van der Waals surface area contributed by atoms with Crippen molar-refractivity contribution < 1.29 is 4.79 Å². The molecule has 1 N–H and O–H groups in total. The third-order valence-electron chi connectivity index (χ3n) is 4.99. The van der Waals surface area contributed by atoms with Gasteiger partial charge < -0.3 is 5.32 Å². The van der Waals surface area contributed by atoms with Gasteiger partial charge in [-0.25, -0.2) is 9.67 Å². The molecule has 0 saturated carbocycles. The highest BCUT2D eigenvalue weighted by molar-refractivity contribution is 5.94. The van der Waals surface area contributed by atoms with Gasteiger partial charge in [0.05, 0.1) is 11.3 Å². The molecule has 1 aromatic carbocycles. The summed E-state index contributed by atoms with van der Waals surface area (Å²) in [5.41, 5.74) is 3.75. The van der Waals surface area contributed by atoms with Crippen molar-refractivity contribution >= 4 is 5.91 Å². The van der Waals surface area contributed by atoms with E-state index in [0.717, 1.165) is 17.8 Å². The van der Waals surface area contributed by atoms with Crippen LogP contribution in [0.15, 0.2) is 54.7 Å². The molecule has 2 aromatic heterocycles. The second-order valence-electron chi connectivity index (χ2n) is 8.07. The molecule has 0 bridgehead atoms. The minimum Gasteiger partial charge on any atom is -0.350 e. The molecule has 0 radical (unpaired) electrons. The van der Waals surface area contributed by atoms with Gasteiger partial charge >= 0.3 is 0 Å². The number of nitrogens with one attached hydrogen (secondary N) is 1. The Bertz CT molecular complexity index is 942. The van der Waals surface area contributed by atoms with Gasteiger partial charge in [0.15, 0.2) is 5.82 Å². The fraction of sp³-hybridized carbons (Fsp3) is 0.348. The van der Waals surface area contributed by atoms with Crippen molar-refractivity contribution in [1.29, 1.82) is 0 Å². The number of carbonyl (C=O) groups is 1. The molecule has 0 aliphatic rings. The summed E-state index contributed by atoms with van der Waals surface area (Å²) in [6.07, 6.45) is 2.45. The molecule has 1 unspecified atom stereocenters. The van der Waals surface area contributed by atoms with Crippen LogP contribution in [0.2, 0.25) is 0 Å². The predicted octanol–water partition coefficient (Wildman–Crippen LogP) is 4.37. The smallest absolute Gasteiger partial charge is 0.253 e. The minimum absolute atomic E-state index is 0.0223. The molecule has 28 heavy (non-hydrogen) atoms. The lowest BCUT2D eigenvalue weighted by Gasteiger charge is -2.29. The average Bonchev–Trinajstić information content (AvgIpc) is 3.00. The first kappa shape index (κ1) is 19.8. The molecule has 0 aliphatic carbocycles. The third kappa shape index (κ3) is 4.47. The molecule has 2 heterocycles. The van der Waals surface area contributed by atoms with E-state index in [9.17, 15) is 4.79 Å². The summed E-state index contributed by atoms with van der Waals surface area (Å²) in [5.74, 6) is 0.601. The second-order valence-corrected chi connectivity index (χ2v) is 8.07. The van der Waals surface area contributed by atoms with Crippen LogP contribution in [-0.4, -0.2) is 26.7 Å². The molecule has 146 valence electrons. The number of pyridine rings is 1. The molecule has 0 saturated heterocycles. The maximum Gasteiger partial charge on any atom is 0.253 e. The summed E-state index contributed by atoms with van der Waals surface area (Å²) in [5, 5.41) is 7.52. The van der Waals surface area contributed by atoms with Crippen LogP contribution in [-0.2, 0) is 5.41 Å². The largest absolute Gasteiger partial charge is 0.350 e. The number of hydrogen-bond acceptors (Lipinski definition) is 3. The quantitative estimate of drug-likeness (QED) is 0.695. The molecular formula is C23H28N4O. The second kappa shape index (κ2) is 7.97. The summed E-state index contributed by atoms with van der Waals surface area (Å²) < 4.78 is 1.78. The maximum absolute atomic E-state index is 12.6. The Hall–Kier alpha value is -2.95. The molecule has 1 atom stereocenters. The van der Waals surface area contributed by atoms with E-state index in [4.69, 9.17) is 0 Å². The fourth-order valence-corrected chi connectivity index (χ4v) is 3.64. The average molecular weight is 377 g/mol. The van der Waals surface area contributed by atoms with Gasteiger partial charge in [0.25, 0.3) is 5.91 Å². The van der Waals surface area contributed by atoms with E-state index in [0.29, 0.717) is 11.4 Å². The number of rotatable bonds is 6. The Labute approximate surface area is 166 Å². The summed E-state index contributed by atoms with van der Waals surface area (Å²) in [6, 6.07) is 16.1. The van der Waals surface area contributed by atoms with Crippen LogP contribution in [0, 0.1) is 13.8 Å². The zero-order valence-corrected chi connectivity index (χ0v) is 17.2. The zero-order valence-electron chi connectivity index (χ0n) is 17.2. The standard InChI is InChI=1S/C23H28N4O/c1-16-13-18(3)27(26-16)21-12-11-19(15-24-21)22(28)25-17(2)14-23(4,5)20-9-7-6-8-10-20/h6-13,15,17H,14H2,1-5H3,(H,25,28). The van der Waals surface area contributed by atoms with E-state index in [-0.39, 0.29) is 17.4 Å². The topological polar surface area (TPSA) is 59.8 Å². The normalized spacial score (nSPS) is 12.6. The van der Waals surface area contributed by atoms with Crippen molar-refractivity contribution in [1.82, 2.24) is 20.1 Å². The van der Waals surface area contributed by atoms with Crippen LogP contribution < -0.4 is 5.32 Å². The van der Waals surface area contributed by atoms with Crippen LogP contribution in [0.4, 0.5) is 0 Å². The van der Waals surface area contributed by atoms with E-state index in [1.54, 1.807) is 16.9 Å². The van der Waals surface area contributed by atoms with E-state index in [1.165, 1.54) is 5.56 Å². The lowest BCUT2D eigenvalue weighted by Crippen LogP contribution is -2.37. The van der Waals surface area contributed by atoms with Crippen LogP contribution in [0.5, 0.6) is 0 Å². The predicted molar refractivity (Wildman–Crippen MR) is 112 cm³/mol. The molecule has 1 amide bonds. The summed E-state index contributed by atoms with van der Waals surface area (Å²) in [4.78, 5) is 17.0. The van der Waals surface area contributed by atoms with Gasteiger partial charge in [0.1, 0.15) is 0 Å². The number of amides is 1. The number of benzene rings is 1. The van der Waals surface area contributed by atoms with E-state index in [2.05, 4.69) is 53.5 Å². The van der Waals surface area contributed by atoms with Gasteiger partial charge in [0, 0.05) is 17.9 Å². The van der Waals surface area contributed by atoms with Crippen molar-refractivity contribution in [2.45, 2.75) is 52.5 Å². The Balaban J connectivity index is 1.65. The molecular weight excluding hydrogens is 348 g/mol. The molecule has 0 aliphatic heterocycles. The summed E-state index contributed by atoms with van der Waals surface area (Å²) in [6.45, 7) is 10.4. The van der Waals surface area contributed by atoms with E-state index < -0.39 is 0 Å². The Morgan fingerprint density at radius 2 is 1.86 bits per heavy atom. The van der Waals surface area contributed by atoms with Crippen LogP contribution in [0.25, 0.3) is 5.82 Å². The molecule has 0 fully saturated rings. The van der Waals surface area contributed by atoms with Crippen LogP contribution >= 0.6 is 0 Å². The summed E-state index contributed by atoms with van der Waals surface area (Å²) >= 11 is 0. The number of hydrogen-bond donors (Lipinski definition) is 1. The van der Waals surface area contributed by atoms with Crippen LogP contribution in [0.1, 0.15) is 54.5 Å². The lowest BCUT2D eigenvalue weighted by molar-refractivity contribution is 0.0934. The van der Waals surface area contributed by atoms with Gasteiger partial charge in [-0.2, -0.15) is 5.10 Å². The Morgan fingerprint density at radius 3 is 2.43 bits per heavy atom. The third-order valence-corrected chi connectivity index (χ3v) is 4.99. The number of aryl methyl sites for hydroxylation is 2. The SMILES string of the molecule is Cc1cc(C)n(-c2ccc(C(=O)NC(C)CC(C)(C)c3ccccc3)cn2)n1. The highest BCUT2D eigenvalue weighted by Crippen LogP contribution is 2.28. The molecule has 0 spiro atoms. The maximum atomic E-state index is 12.6. The Morgan fingerprint density at radius 1 is 1.14 bits per heavy atom. The van der Waals surface area contributed by atoms with Crippen LogP contribution in [0.3, 0.4) is 0 Å². The van der Waals surface area contributed by atoms with E-state index in [1.807, 2.05) is 39.0 Å². The molecule has 3 aromatic rings. The van der Waals surface area contributed by atoms with Gasteiger partial charge in [-0.1, -0.05) is 44.2 Å². The molecule has 5 nitrogen and oxygen atoms in total. The van der Waals surface area contributed by atoms with Gasteiger partial charge in [-0.15, -0.1) is 0 Å². The monoisotopic (exact) mass is 376 g/mol. The van der Waals surface area contributed by atoms with Gasteiger partial charge in [-0.3, -0.25) is 4.79 Å². The van der Waals surface area contributed by atoms with Gasteiger partial charge in [0.2, 0.25) is 0 Å². The number of nitrogens with zero attached hydrogens (tertiary/aromatic N) is 3.